The van der Waals surface area contributed by atoms with Gasteiger partial charge in [-0.25, -0.2) is 9.78 Å². The van der Waals surface area contributed by atoms with Gasteiger partial charge in [0.2, 0.25) is 0 Å². The van der Waals surface area contributed by atoms with Crippen molar-refractivity contribution >= 4 is 44.8 Å². The third-order valence-electron chi connectivity index (χ3n) is 4.97. The molecule has 2 N–H and O–H groups in total. The number of carbonyl (C=O) groups is 1. The molecular formula is C24H29ClN4OS. The van der Waals surface area contributed by atoms with Gasteiger partial charge in [0.15, 0.2) is 5.13 Å². The third-order valence-corrected chi connectivity index (χ3v) is 6.43. The number of anilines is 3. The number of benzene rings is 2. The van der Waals surface area contributed by atoms with Crippen molar-refractivity contribution in [3.63, 3.8) is 0 Å². The molecule has 0 saturated carbocycles. The topological polar surface area (TPSA) is 57.3 Å². The minimum Gasteiger partial charge on any atom is -0.354 e. The Labute approximate surface area is 193 Å². The molecule has 0 aliphatic heterocycles. The van der Waals surface area contributed by atoms with Crippen LogP contribution >= 0.6 is 22.9 Å². The summed E-state index contributed by atoms with van der Waals surface area (Å²) in [5, 5.41) is 8.15. The highest BCUT2D eigenvalue weighted by Crippen LogP contribution is 2.40. The van der Waals surface area contributed by atoms with Crippen LogP contribution in [0.5, 0.6) is 0 Å². The summed E-state index contributed by atoms with van der Waals surface area (Å²) in [5.74, 6) is 0.577. The van der Waals surface area contributed by atoms with Crippen LogP contribution in [-0.4, -0.2) is 25.1 Å². The van der Waals surface area contributed by atoms with E-state index in [0.717, 1.165) is 27.5 Å². The number of nitrogens with one attached hydrogen (secondary N) is 2. The first-order chi connectivity index (χ1) is 14.7. The minimum absolute atomic E-state index is 0.288. The van der Waals surface area contributed by atoms with E-state index in [0.29, 0.717) is 15.7 Å². The molecule has 0 unspecified atom stereocenters. The lowest BCUT2D eigenvalue weighted by molar-refractivity contribution is 0.262. The summed E-state index contributed by atoms with van der Waals surface area (Å²) in [7, 11) is 3.85. The Bertz CT molecular complexity index is 1050. The number of thiazole rings is 1. The summed E-state index contributed by atoms with van der Waals surface area (Å²) >= 11 is 7.84. The second kappa shape index (κ2) is 9.71. The molecule has 0 atom stereocenters. The van der Waals surface area contributed by atoms with Gasteiger partial charge in [-0.2, -0.15) is 0 Å². The van der Waals surface area contributed by atoms with Crippen LogP contribution in [0.15, 0.2) is 42.5 Å². The number of rotatable bonds is 6. The van der Waals surface area contributed by atoms with Crippen molar-refractivity contribution in [3.05, 3.63) is 58.6 Å². The molecule has 1 heterocycles. The van der Waals surface area contributed by atoms with E-state index in [9.17, 15) is 4.79 Å². The monoisotopic (exact) mass is 456 g/mol. The quantitative estimate of drug-likeness (QED) is 0.405. The molecule has 1 aromatic heterocycles. The summed E-state index contributed by atoms with van der Waals surface area (Å²) in [4.78, 5) is 19.7. The van der Waals surface area contributed by atoms with Crippen molar-refractivity contribution in [1.82, 2.24) is 4.98 Å². The molecule has 2 amide bonds. The summed E-state index contributed by atoms with van der Waals surface area (Å²) in [6, 6.07) is 13.4. The standard InChI is InChI=1S/C24H29ClN4OS/c1-14(2)16-11-9-12-17(15(3)4)20(16)26-23(30)28-22-21(27-24(31-22)29(5)6)18-10-7-8-13-19(18)25/h7-15H,1-6H3,(H2,26,28,30). The lowest BCUT2D eigenvalue weighted by atomic mass is 9.93. The Hall–Kier alpha value is -2.57. The fourth-order valence-electron chi connectivity index (χ4n) is 3.36. The Balaban J connectivity index is 1.96. The first-order valence-electron chi connectivity index (χ1n) is 10.3. The Morgan fingerprint density at radius 3 is 2.13 bits per heavy atom. The van der Waals surface area contributed by atoms with Crippen LogP contribution in [0, 0.1) is 0 Å². The summed E-state index contributed by atoms with van der Waals surface area (Å²) < 4.78 is 0. The fraction of sp³-hybridized carbons (Fsp3) is 0.333. The van der Waals surface area contributed by atoms with Crippen molar-refractivity contribution in [2.45, 2.75) is 39.5 Å². The van der Waals surface area contributed by atoms with Crippen molar-refractivity contribution in [2.75, 3.05) is 29.6 Å². The summed E-state index contributed by atoms with van der Waals surface area (Å²) in [5.41, 5.74) is 4.56. The van der Waals surface area contributed by atoms with Gasteiger partial charge >= 0.3 is 6.03 Å². The number of aromatic nitrogens is 1. The van der Waals surface area contributed by atoms with Crippen molar-refractivity contribution in [1.29, 1.82) is 0 Å². The molecule has 3 rings (SSSR count). The molecule has 0 aliphatic rings. The molecule has 0 fully saturated rings. The fourth-order valence-corrected chi connectivity index (χ4v) is 4.49. The van der Waals surface area contributed by atoms with Crippen LogP contribution in [0.4, 0.5) is 20.6 Å². The largest absolute Gasteiger partial charge is 0.354 e. The lowest BCUT2D eigenvalue weighted by Gasteiger charge is -2.20. The van der Waals surface area contributed by atoms with Gasteiger partial charge in [0, 0.05) is 25.3 Å². The van der Waals surface area contributed by atoms with Gasteiger partial charge in [0.05, 0.1) is 5.02 Å². The SMILES string of the molecule is CC(C)c1cccc(C(C)C)c1NC(=O)Nc1sc(N(C)C)nc1-c1ccccc1Cl. The van der Waals surface area contributed by atoms with Crippen LogP contribution in [0.25, 0.3) is 11.3 Å². The van der Waals surface area contributed by atoms with E-state index in [4.69, 9.17) is 16.6 Å². The number of amides is 2. The maximum atomic E-state index is 13.1. The predicted octanol–water partition coefficient (Wildman–Crippen LogP) is 7.42. The number of hydrogen-bond acceptors (Lipinski definition) is 4. The lowest BCUT2D eigenvalue weighted by Crippen LogP contribution is -2.21. The van der Waals surface area contributed by atoms with Gasteiger partial charge in [0.1, 0.15) is 10.7 Å². The predicted molar refractivity (Wildman–Crippen MR) is 134 cm³/mol. The average molecular weight is 457 g/mol. The average Bonchev–Trinajstić information content (AvgIpc) is 3.11. The molecule has 2 aromatic carbocycles. The Morgan fingerprint density at radius 2 is 1.58 bits per heavy atom. The zero-order valence-corrected chi connectivity index (χ0v) is 20.4. The zero-order valence-electron chi connectivity index (χ0n) is 18.8. The number of hydrogen-bond donors (Lipinski definition) is 2. The molecule has 3 aromatic rings. The number of para-hydroxylation sites is 1. The number of urea groups is 1. The van der Waals surface area contributed by atoms with E-state index in [2.05, 4.69) is 56.5 Å². The third kappa shape index (κ3) is 5.20. The van der Waals surface area contributed by atoms with Gasteiger partial charge in [-0.05, 0) is 29.0 Å². The molecular weight excluding hydrogens is 428 g/mol. The van der Waals surface area contributed by atoms with Gasteiger partial charge in [-0.1, -0.05) is 87.0 Å². The van der Waals surface area contributed by atoms with E-state index in [-0.39, 0.29) is 17.9 Å². The molecule has 0 bridgehead atoms. The van der Waals surface area contributed by atoms with Crippen LogP contribution in [0.3, 0.4) is 0 Å². The van der Waals surface area contributed by atoms with Crippen LogP contribution < -0.4 is 15.5 Å². The van der Waals surface area contributed by atoms with E-state index >= 15 is 0 Å². The molecule has 0 radical (unpaired) electrons. The van der Waals surface area contributed by atoms with E-state index in [1.165, 1.54) is 11.3 Å². The van der Waals surface area contributed by atoms with Gasteiger partial charge in [-0.3, -0.25) is 5.32 Å². The number of halogens is 1. The van der Waals surface area contributed by atoms with Gasteiger partial charge in [-0.15, -0.1) is 0 Å². The molecule has 5 nitrogen and oxygen atoms in total. The number of nitrogens with zero attached hydrogens (tertiary/aromatic N) is 2. The second-order valence-electron chi connectivity index (χ2n) is 8.25. The smallest absolute Gasteiger partial charge is 0.324 e. The Morgan fingerprint density at radius 1 is 0.968 bits per heavy atom. The maximum Gasteiger partial charge on any atom is 0.324 e. The molecule has 31 heavy (non-hydrogen) atoms. The van der Waals surface area contributed by atoms with Crippen molar-refractivity contribution in [3.8, 4) is 11.3 Å². The highest BCUT2D eigenvalue weighted by Gasteiger charge is 2.20. The molecule has 0 aliphatic carbocycles. The van der Waals surface area contributed by atoms with Gasteiger partial charge in [0.25, 0.3) is 0 Å². The Kier molecular flexibility index (Phi) is 7.23. The highest BCUT2D eigenvalue weighted by molar-refractivity contribution is 7.20. The maximum absolute atomic E-state index is 13.1. The first kappa shape index (κ1) is 23.1. The van der Waals surface area contributed by atoms with E-state index in [1.54, 1.807) is 0 Å². The van der Waals surface area contributed by atoms with Gasteiger partial charge < -0.3 is 10.2 Å². The molecule has 0 saturated heterocycles. The summed E-state index contributed by atoms with van der Waals surface area (Å²) in [6.07, 6.45) is 0. The molecule has 7 heteroatoms. The normalized spacial score (nSPS) is 11.1. The highest BCUT2D eigenvalue weighted by atomic mass is 35.5. The number of carbonyl (C=O) groups excluding carboxylic acids is 1. The second-order valence-corrected chi connectivity index (χ2v) is 9.63. The van der Waals surface area contributed by atoms with E-state index in [1.807, 2.05) is 43.3 Å². The molecule has 0 spiro atoms. The van der Waals surface area contributed by atoms with Crippen molar-refractivity contribution < 1.29 is 4.79 Å². The first-order valence-corrected chi connectivity index (χ1v) is 11.5. The van der Waals surface area contributed by atoms with Crippen LogP contribution in [-0.2, 0) is 0 Å². The van der Waals surface area contributed by atoms with E-state index < -0.39 is 0 Å². The van der Waals surface area contributed by atoms with Crippen LogP contribution in [0.1, 0.15) is 50.7 Å². The van der Waals surface area contributed by atoms with Crippen molar-refractivity contribution in [2.24, 2.45) is 0 Å². The molecule has 164 valence electrons. The van der Waals surface area contributed by atoms with Crippen LogP contribution in [0.2, 0.25) is 5.02 Å². The summed E-state index contributed by atoms with van der Waals surface area (Å²) in [6.45, 7) is 8.52. The zero-order chi connectivity index (χ0) is 22.7. The minimum atomic E-state index is -0.294.